The lowest BCUT2D eigenvalue weighted by Crippen LogP contribution is -2.33. The lowest BCUT2D eigenvalue weighted by Gasteiger charge is -2.25. The van der Waals surface area contributed by atoms with Crippen LogP contribution in [0.3, 0.4) is 0 Å². The molecule has 0 aromatic heterocycles. The molecule has 0 radical (unpaired) electrons. The average Bonchev–Trinajstić information content (AvgIpc) is 2.26. The number of nitrogens with one attached hydrogen (secondary N) is 1. The summed E-state index contributed by atoms with van der Waals surface area (Å²) in [6, 6.07) is 5.16. The van der Waals surface area contributed by atoms with Crippen molar-refractivity contribution in [3.63, 3.8) is 0 Å². The van der Waals surface area contributed by atoms with Gasteiger partial charge in [0.1, 0.15) is 5.82 Å². The molecule has 0 bridgehead atoms. The molecule has 1 aromatic rings. The molecule has 19 heavy (non-hydrogen) atoms. The molecular formula is C16H20FNO. The van der Waals surface area contributed by atoms with Crippen molar-refractivity contribution in [1.29, 1.82) is 0 Å². The van der Waals surface area contributed by atoms with Gasteiger partial charge in [-0.2, -0.15) is 0 Å². The largest absolute Gasteiger partial charge is 0.330 e. The molecule has 1 unspecified atom stereocenters. The second-order valence-electron chi connectivity index (χ2n) is 6.17. The van der Waals surface area contributed by atoms with Crippen LogP contribution in [0.4, 0.5) is 4.39 Å². The van der Waals surface area contributed by atoms with Crippen LogP contribution in [0.2, 0.25) is 0 Å². The fraction of sp³-hybridized carbons (Fsp3) is 0.438. The monoisotopic (exact) mass is 261 g/mol. The van der Waals surface area contributed by atoms with Crippen LogP contribution in [0.5, 0.6) is 0 Å². The SMILES string of the molecule is C=C1CCC(c2ccc(C(C)(C)C)c(F)c2)C(=O)N1. The van der Waals surface area contributed by atoms with E-state index in [4.69, 9.17) is 0 Å². The summed E-state index contributed by atoms with van der Waals surface area (Å²) in [6.45, 7) is 9.67. The molecule has 3 heteroatoms. The first-order valence-electron chi connectivity index (χ1n) is 6.57. The Morgan fingerprint density at radius 1 is 1.37 bits per heavy atom. The smallest absolute Gasteiger partial charge is 0.231 e. The number of carbonyl (C=O) groups is 1. The van der Waals surface area contributed by atoms with Gasteiger partial charge in [-0.3, -0.25) is 4.79 Å². The van der Waals surface area contributed by atoms with Crippen LogP contribution in [0.1, 0.15) is 50.7 Å². The molecule has 2 nitrogen and oxygen atoms in total. The minimum absolute atomic E-state index is 0.0841. The van der Waals surface area contributed by atoms with E-state index in [0.717, 1.165) is 17.7 Å². The molecule has 1 N–H and O–H groups in total. The number of carbonyl (C=O) groups excluding carboxylic acids is 1. The van der Waals surface area contributed by atoms with Crippen molar-refractivity contribution in [2.45, 2.75) is 44.9 Å². The summed E-state index contributed by atoms with van der Waals surface area (Å²) in [7, 11) is 0. The molecule has 0 aliphatic carbocycles. The van der Waals surface area contributed by atoms with Gasteiger partial charge >= 0.3 is 0 Å². The third-order valence-electron chi connectivity index (χ3n) is 3.55. The van der Waals surface area contributed by atoms with E-state index in [-0.39, 0.29) is 23.1 Å². The Kier molecular flexibility index (Phi) is 3.48. The molecule has 1 fully saturated rings. The number of benzene rings is 1. The highest BCUT2D eigenvalue weighted by Crippen LogP contribution is 2.31. The summed E-state index contributed by atoms with van der Waals surface area (Å²) >= 11 is 0. The van der Waals surface area contributed by atoms with Crippen LogP contribution in [0.15, 0.2) is 30.5 Å². The Balaban J connectivity index is 2.30. The van der Waals surface area contributed by atoms with E-state index in [1.807, 2.05) is 26.8 Å². The van der Waals surface area contributed by atoms with Gasteiger partial charge < -0.3 is 5.32 Å². The zero-order valence-electron chi connectivity index (χ0n) is 11.7. The van der Waals surface area contributed by atoms with Crippen LogP contribution >= 0.6 is 0 Å². The Morgan fingerprint density at radius 2 is 2.05 bits per heavy atom. The third kappa shape index (κ3) is 2.86. The van der Waals surface area contributed by atoms with Crippen LogP contribution in [-0.2, 0) is 10.2 Å². The Morgan fingerprint density at radius 3 is 2.58 bits per heavy atom. The number of allylic oxidation sites excluding steroid dienone is 1. The summed E-state index contributed by atoms with van der Waals surface area (Å²) in [5.74, 6) is -0.588. The van der Waals surface area contributed by atoms with Gasteiger partial charge in [-0.25, -0.2) is 4.39 Å². The van der Waals surface area contributed by atoms with Gasteiger partial charge in [0.25, 0.3) is 0 Å². The minimum Gasteiger partial charge on any atom is -0.330 e. The van der Waals surface area contributed by atoms with E-state index in [1.165, 1.54) is 6.07 Å². The van der Waals surface area contributed by atoms with Crippen molar-refractivity contribution in [2.75, 3.05) is 0 Å². The maximum absolute atomic E-state index is 14.2. The number of hydrogen-bond acceptors (Lipinski definition) is 1. The zero-order chi connectivity index (χ0) is 14.2. The van der Waals surface area contributed by atoms with Crippen molar-refractivity contribution >= 4 is 5.91 Å². The first-order valence-corrected chi connectivity index (χ1v) is 6.57. The van der Waals surface area contributed by atoms with E-state index < -0.39 is 0 Å². The predicted octanol–water partition coefficient (Wildman–Crippen LogP) is 3.63. The van der Waals surface area contributed by atoms with Crippen molar-refractivity contribution in [3.8, 4) is 0 Å². The minimum atomic E-state index is -0.269. The van der Waals surface area contributed by atoms with E-state index >= 15 is 0 Å². The molecule has 1 aliphatic heterocycles. The second-order valence-corrected chi connectivity index (χ2v) is 6.17. The first kappa shape index (κ1) is 13.8. The molecule has 1 heterocycles. The fourth-order valence-corrected chi connectivity index (χ4v) is 2.45. The van der Waals surface area contributed by atoms with E-state index in [9.17, 15) is 9.18 Å². The van der Waals surface area contributed by atoms with E-state index in [1.54, 1.807) is 6.07 Å². The average molecular weight is 261 g/mol. The second kappa shape index (κ2) is 4.80. The summed E-state index contributed by atoms with van der Waals surface area (Å²) < 4.78 is 14.2. The zero-order valence-corrected chi connectivity index (χ0v) is 11.7. The summed E-state index contributed by atoms with van der Waals surface area (Å²) in [5.41, 5.74) is 1.94. The van der Waals surface area contributed by atoms with Gasteiger partial charge in [0.05, 0.1) is 5.92 Å². The molecule has 102 valence electrons. The molecule has 0 spiro atoms. The van der Waals surface area contributed by atoms with Crippen LogP contribution < -0.4 is 5.32 Å². The third-order valence-corrected chi connectivity index (χ3v) is 3.55. The highest BCUT2D eigenvalue weighted by molar-refractivity contribution is 5.86. The summed E-state index contributed by atoms with van der Waals surface area (Å²) in [5, 5.41) is 2.74. The summed E-state index contributed by atoms with van der Waals surface area (Å²) in [4.78, 5) is 11.9. The van der Waals surface area contributed by atoms with Gasteiger partial charge in [-0.1, -0.05) is 39.5 Å². The van der Waals surface area contributed by atoms with Gasteiger partial charge in [-0.05, 0) is 35.4 Å². The molecule has 0 saturated carbocycles. The van der Waals surface area contributed by atoms with Crippen LogP contribution in [0.25, 0.3) is 0 Å². The molecule has 2 rings (SSSR count). The van der Waals surface area contributed by atoms with Gasteiger partial charge in [0.15, 0.2) is 0 Å². The van der Waals surface area contributed by atoms with Crippen molar-refractivity contribution in [3.05, 3.63) is 47.4 Å². The Labute approximate surface area is 113 Å². The molecule has 1 aromatic carbocycles. The normalized spacial score (nSPS) is 20.3. The fourth-order valence-electron chi connectivity index (χ4n) is 2.45. The topological polar surface area (TPSA) is 29.1 Å². The quantitative estimate of drug-likeness (QED) is 0.821. The van der Waals surface area contributed by atoms with Crippen LogP contribution in [0, 0.1) is 5.82 Å². The van der Waals surface area contributed by atoms with E-state index in [0.29, 0.717) is 12.0 Å². The molecule has 1 saturated heterocycles. The predicted molar refractivity (Wildman–Crippen MR) is 74.4 cm³/mol. The number of halogens is 1. The first-order chi connectivity index (χ1) is 8.79. The van der Waals surface area contributed by atoms with Gasteiger partial charge in [0.2, 0.25) is 5.91 Å². The Hall–Kier alpha value is -1.64. The maximum Gasteiger partial charge on any atom is 0.231 e. The van der Waals surface area contributed by atoms with E-state index in [2.05, 4.69) is 11.9 Å². The lowest BCUT2D eigenvalue weighted by molar-refractivity contribution is -0.122. The van der Waals surface area contributed by atoms with Crippen molar-refractivity contribution in [1.82, 2.24) is 5.32 Å². The highest BCUT2D eigenvalue weighted by atomic mass is 19.1. The van der Waals surface area contributed by atoms with Crippen LogP contribution in [-0.4, -0.2) is 5.91 Å². The molecule has 1 aliphatic rings. The number of rotatable bonds is 1. The Bertz CT molecular complexity index is 528. The lowest BCUT2D eigenvalue weighted by atomic mass is 9.83. The number of hydrogen-bond donors (Lipinski definition) is 1. The molecule has 1 amide bonds. The summed E-state index contributed by atoms with van der Waals surface area (Å²) in [6.07, 6.45) is 1.44. The van der Waals surface area contributed by atoms with Gasteiger partial charge in [0, 0.05) is 5.70 Å². The number of piperidine rings is 1. The van der Waals surface area contributed by atoms with Gasteiger partial charge in [-0.15, -0.1) is 0 Å². The highest BCUT2D eigenvalue weighted by Gasteiger charge is 2.27. The maximum atomic E-state index is 14.2. The standard InChI is InChI=1S/C16H20FNO/c1-10-5-7-12(15(19)18-10)11-6-8-13(14(17)9-11)16(2,3)4/h6,8-9,12H,1,5,7H2,2-4H3,(H,18,19). The number of amides is 1. The van der Waals surface area contributed by atoms with Crippen molar-refractivity contribution < 1.29 is 9.18 Å². The van der Waals surface area contributed by atoms with Crippen molar-refractivity contribution in [2.24, 2.45) is 0 Å². The molecular weight excluding hydrogens is 241 g/mol. The molecule has 1 atom stereocenters.